The number of hydrogen-bond acceptors (Lipinski definition) is 7. The van der Waals surface area contributed by atoms with E-state index < -0.39 is 0 Å². The average molecular weight is 355 g/mol. The predicted molar refractivity (Wildman–Crippen MR) is 100 cm³/mol. The van der Waals surface area contributed by atoms with Crippen molar-refractivity contribution in [2.75, 3.05) is 5.32 Å². The molecule has 0 amide bonds. The van der Waals surface area contributed by atoms with Gasteiger partial charge in [0.25, 0.3) is 0 Å². The Morgan fingerprint density at radius 3 is 2.85 bits per heavy atom. The minimum absolute atomic E-state index is 0.502. The molecule has 3 N–H and O–H groups in total. The molecule has 5 rings (SSSR count). The van der Waals surface area contributed by atoms with Crippen LogP contribution in [-0.2, 0) is 0 Å². The highest BCUT2D eigenvalue weighted by Gasteiger charge is 2.07. The number of nitrogens with one attached hydrogen (secondary N) is 3. The highest BCUT2D eigenvalue weighted by atomic mass is 15.5. The Balaban J connectivity index is 1.45. The van der Waals surface area contributed by atoms with Gasteiger partial charge in [-0.15, -0.1) is 10.2 Å². The Hall–Kier alpha value is -4.14. The van der Waals surface area contributed by atoms with Gasteiger partial charge in [-0.3, -0.25) is 0 Å². The van der Waals surface area contributed by atoms with Gasteiger partial charge in [-0.05, 0) is 35.5 Å². The van der Waals surface area contributed by atoms with Crippen LogP contribution >= 0.6 is 0 Å². The zero-order chi connectivity index (χ0) is 18.1. The van der Waals surface area contributed by atoms with E-state index in [9.17, 15) is 0 Å². The second kappa shape index (κ2) is 6.30. The van der Waals surface area contributed by atoms with Crippen LogP contribution in [0.4, 0.5) is 11.6 Å². The van der Waals surface area contributed by atoms with Crippen LogP contribution in [0.5, 0.6) is 0 Å². The fourth-order valence-corrected chi connectivity index (χ4v) is 2.82. The van der Waals surface area contributed by atoms with Crippen molar-refractivity contribution in [1.82, 2.24) is 40.6 Å². The molecule has 0 atom stereocenters. The van der Waals surface area contributed by atoms with Gasteiger partial charge in [0.05, 0.1) is 23.1 Å². The number of imidazole rings is 1. The smallest absolute Gasteiger partial charge is 0.227 e. The van der Waals surface area contributed by atoms with Gasteiger partial charge in [0.2, 0.25) is 11.8 Å². The molecule has 0 aliphatic rings. The van der Waals surface area contributed by atoms with E-state index in [1.807, 2.05) is 48.5 Å². The lowest BCUT2D eigenvalue weighted by Crippen LogP contribution is -1.98. The van der Waals surface area contributed by atoms with Crippen molar-refractivity contribution in [2.45, 2.75) is 0 Å². The fraction of sp³-hybridized carbons (Fsp3) is 0. The molecule has 0 saturated carbocycles. The average Bonchev–Trinajstić information content (AvgIpc) is 3.40. The number of hydrogen-bond donors (Lipinski definition) is 3. The summed E-state index contributed by atoms with van der Waals surface area (Å²) in [4.78, 5) is 16.3. The van der Waals surface area contributed by atoms with Gasteiger partial charge in [0, 0.05) is 23.0 Å². The first-order chi connectivity index (χ1) is 13.3. The van der Waals surface area contributed by atoms with Crippen LogP contribution in [0, 0.1) is 0 Å². The molecule has 2 aromatic carbocycles. The van der Waals surface area contributed by atoms with Gasteiger partial charge in [-0.1, -0.05) is 18.2 Å². The highest BCUT2D eigenvalue weighted by Crippen LogP contribution is 2.24. The molecule has 0 radical (unpaired) electrons. The van der Waals surface area contributed by atoms with Crippen molar-refractivity contribution in [1.29, 1.82) is 0 Å². The summed E-state index contributed by atoms with van der Waals surface area (Å²) in [5, 5.41) is 17.2. The number of rotatable bonds is 4. The predicted octanol–water partition coefficient (Wildman–Crippen LogP) is 2.94. The van der Waals surface area contributed by atoms with Crippen LogP contribution < -0.4 is 5.32 Å². The Labute approximate surface area is 152 Å². The van der Waals surface area contributed by atoms with Crippen molar-refractivity contribution >= 4 is 22.7 Å². The van der Waals surface area contributed by atoms with E-state index >= 15 is 0 Å². The number of fused-ring (bicyclic) bond motifs is 1. The molecule has 9 nitrogen and oxygen atoms in total. The standard InChI is InChI=1S/C18H13N9/c1-2-12(17-24-26-27-25-17)8-13(3-1)22-18-19-7-6-14(23-18)11-4-5-15-16(9-11)21-10-20-15/h1-10H,(H,20,21)(H,19,22,23)(H,24,25,26,27). The lowest BCUT2D eigenvalue weighted by atomic mass is 10.1. The maximum atomic E-state index is 4.62. The van der Waals surface area contributed by atoms with Gasteiger partial charge >= 0.3 is 0 Å². The quantitative estimate of drug-likeness (QED) is 0.453. The maximum absolute atomic E-state index is 4.62. The lowest BCUT2D eigenvalue weighted by molar-refractivity contribution is 0.881. The Bertz CT molecular complexity index is 1210. The summed E-state index contributed by atoms with van der Waals surface area (Å²) in [6.45, 7) is 0. The van der Waals surface area contributed by atoms with Gasteiger partial charge in [0.1, 0.15) is 0 Å². The summed E-state index contributed by atoms with van der Waals surface area (Å²) < 4.78 is 0. The maximum Gasteiger partial charge on any atom is 0.227 e. The van der Waals surface area contributed by atoms with Crippen molar-refractivity contribution in [2.24, 2.45) is 0 Å². The van der Waals surface area contributed by atoms with Crippen LogP contribution in [0.3, 0.4) is 0 Å². The molecule has 0 aliphatic carbocycles. The molecule has 3 heterocycles. The largest absolute Gasteiger partial charge is 0.345 e. The Morgan fingerprint density at radius 1 is 0.926 bits per heavy atom. The minimum atomic E-state index is 0.502. The van der Waals surface area contributed by atoms with E-state index in [-0.39, 0.29) is 0 Å². The number of aromatic nitrogens is 8. The number of H-pyrrole nitrogens is 2. The van der Waals surface area contributed by atoms with Crippen molar-refractivity contribution in [3.05, 3.63) is 61.1 Å². The molecular weight excluding hydrogens is 342 g/mol. The molecule has 0 saturated heterocycles. The summed E-state index contributed by atoms with van der Waals surface area (Å²) in [6.07, 6.45) is 3.41. The summed E-state index contributed by atoms with van der Waals surface area (Å²) >= 11 is 0. The number of nitrogens with zero attached hydrogens (tertiary/aromatic N) is 6. The minimum Gasteiger partial charge on any atom is -0.345 e. The summed E-state index contributed by atoms with van der Waals surface area (Å²) in [5.41, 5.74) is 5.36. The van der Waals surface area contributed by atoms with Crippen LogP contribution in [0.1, 0.15) is 0 Å². The summed E-state index contributed by atoms with van der Waals surface area (Å²) in [6, 6.07) is 15.5. The number of tetrazole rings is 1. The molecule has 130 valence electrons. The van der Waals surface area contributed by atoms with E-state index in [0.717, 1.165) is 33.5 Å². The van der Waals surface area contributed by atoms with Crippen LogP contribution in [0.15, 0.2) is 61.1 Å². The normalized spacial score (nSPS) is 11.0. The molecule has 0 fully saturated rings. The first-order valence-corrected chi connectivity index (χ1v) is 8.23. The molecular formula is C18H13N9. The van der Waals surface area contributed by atoms with E-state index in [1.165, 1.54) is 0 Å². The zero-order valence-electron chi connectivity index (χ0n) is 14.0. The lowest BCUT2D eigenvalue weighted by Gasteiger charge is -2.07. The molecule has 3 aromatic heterocycles. The third-order valence-electron chi connectivity index (χ3n) is 4.09. The Morgan fingerprint density at radius 2 is 1.93 bits per heavy atom. The topological polar surface area (TPSA) is 121 Å². The molecule has 0 aliphatic heterocycles. The monoisotopic (exact) mass is 355 g/mol. The molecule has 0 spiro atoms. The van der Waals surface area contributed by atoms with Crippen molar-refractivity contribution in [3.8, 4) is 22.6 Å². The van der Waals surface area contributed by atoms with E-state index in [1.54, 1.807) is 12.5 Å². The van der Waals surface area contributed by atoms with E-state index in [4.69, 9.17) is 0 Å². The molecule has 27 heavy (non-hydrogen) atoms. The number of benzene rings is 2. The molecule has 0 unspecified atom stereocenters. The molecule has 0 bridgehead atoms. The van der Waals surface area contributed by atoms with Gasteiger partial charge in [-0.25, -0.2) is 15.0 Å². The molecule has 5 aromatic rings. The number of aromatic amines is 2. The van der Waals surface area contributed by atoms with Gasteiger partial charge in [0.15, 0.2) is 0 Å². The second-order valence-electron chi connectivity index (χ2n) is 5.84. The third-order valence-corrected chi connectivity index (χ3v) is 4.09. The summed E-state index contributed by atoms with van der Waals surface area (Å²) in [5.74, 6) is 1.03. The first kappa shape index (κ1) is 15.1. The van der Waals surface area contributed by atoms with Crippen LogP contribution in [0.25, 0.3) is 33.7 Å². The number of anilines is 2. The highest BCUT2D eigenvalue weighted by molar-refractivity contribution is 5.80. The van der Waals surface area contributed by atoms with Gasteiger partial charge < -0.3 is 10.3 Å². The molecule has 9 heteroatoms. The van der Waals surface area contributed by atoms with E-state index in [0.29, 0.717) is 11.8 Å². The zero-order valence-corrected chi connectivity index (χ0v) is 14.0. The third kappa shape index (κ3) is 2.97. The van der Waals surface area contributed by atoms with E-state index in [2.05, 4.69) is 45.9 Å². The van der Waals surface area contributed by atoms with Crippen LogP contribution in [0.2, 0.25) is 0 Å². The van der Waals surface area contributed by atoms with Crippen molar-refractivity contribution < 1.29 is 0 Å². The Kier molecular flexibility index (Phi) is 3.53. The fourth-order valence-electron chi connectivity index (χ4n) is 2.82. The van der Waals surface area contributed by atoms with Crippen molar-refractivity contribution in [3.63, 3.8) is 0 Å². The van der Waals surface area contributed by atoms with Gasteiger partial charge in [-0.2, -0.15) is 5.21 Å². The van der Waals surface area contributed by atoms with Crippen LogP contribution in [-0.4, -0.2) is 40.6 Å². The summed E-state index contributed by atoms with van der Waals surface area (Å²) in [7, 11) is 0. The second-order valence-corrected chi connectivity index (χ2v) is 5.84. The SMILES string of the molecule is c1cc(Nc2nccc(-c3ccc4nc[nH]c4c3)n2)cc(-c2nn[nH]n2)c1. The first-order valence-electron chi connectivity index (χ1n) is 8.23.